The van der Waals surface area contributed by atoms with Crippen molar-refractivity contribution >= 4 is 40.7 Å². The van der Waals surface area contributed by atoms with Crippen molar-refractivity contribution in [3.63, 3.8) is 0 Å². The van der Waals surface area contributed by atoms with E-state index in [-0.39, 0.29) is 44.0 Å². The molecule has 0 bridgehead atoms. The Morgan fingerprint density at radius 1 is 1.00 bits per heavy atom. The minimum atomic E-state index is -0.566. The third kappa shape index (κ3) is 4.79. The van der Waals surface area contributed by atoms with E-state index in [9.17, 15) is 14.4 Å². The van der Waals surface area contributed by atoms with E-state index in [0.29, 0.717) is 33.5 Å². The van der Waals surface area contributed by atoms with Gasteiger partial charge in [-0.3, -0.25) is 14.4 Å². The second-order valence-electron chi connectivity index (χ2n) is 8.26. The summed E-state index contributed by atoms with van der Waals surface area (Å²) in [5.74, 6) is -0.0906. The molecule has 0 unspecified atom stereocenters. The summed E-state index contributed by atoms with van der Waals surface area (Å²) in [6.45, 7) is 0.676. The molecule has 1 fully saturated rings. The number of halogens is 1. The lowest BCUT2D eigenvalue weighted by atomic mass is 10.1. The van der Waals surface area contributed by atoms with Gasteiger partial charge in [-0.1, -0.05) is 41.9 Å². The summed E-state index contributed by atoms with van der Waals surface area (Å²) in [5.41, 5.74) is 2.14. The lowest BCUT2D eigenvalue weighted by molar-refractivity contribution is -0.122. The van der Waals surface area contributed by atoms with Crippen molar-refractivity contribution < 1.29 is 23.9 Å². The second-order valence-corrected chi connectivity index (χ2v) is 8.67. The Hall–Kier alpha value is -4.04. The van der Waals surface area contributed by atoms with Crippen LogP contribution in [0.5, 0.6) is 11.5 Å². The lowest BCUT2D eigenvalue weighted by Gasteiger charge is -2.18. The molecular formula is C26H22ClN3O5. The lowest BCUT2D eigenvalue weighted by Crippen LogP contribution is -2.29. The molecule has 0 aliphatic carbocycles. The molecule has 5 rings (SSSR count). The molecule has 8 nitrogen and oxygen atoms in total. The third-order valence-corrected chi connectivity index (χ3v) is 6.28. The highest BCUT2D eigenvalue weighted by Crippen LogP contribution is 2.33. The number of anilines is 2. The van der Waals surface area contributed by atoms with Gasteiger partial charge in [0.15, 0.2) is 11.5 Å². The van der Waals surface area contributed by atoms with Gasteiger partial charge in [-0.15, -0.1) is 0 Å². The Morgan fingerprint density at radius 2 is 1.77 bits per heavy atom. The van der Waals surface area contributed by atoms with Gasteiger partial charge in [0.2, 0.25) is 18.6 Å². The minimum Gasteiger partial charge on any atom is -0.454 e. The Bertz CT molecular complexity index is 1310. The largest absolute Gasteiger partial charge is 0.454 e. The molecule has 2 heterocycles. The number of fused-ring (bicyclic) bond motifs is 1. The van der Waals surface area contributed by atoms with E-state index in [1.54, 1.807) is 54.6 Å². The number of hydrogen-bond donors (Lipinski definition) is 2. The van der Waals surface area contributed by atoms with Crippen LogP contribution in [0.3, 0.4) is 0 Å². The van der Waals surface area contributed by atoms with Crippen molar-refractivity contribution in [3.05, 3.63) is 82.9 Å². The number of carbonyl (C=O) groups excluding carboxylic acids is 3. The fourth-order valence-electron chi connectivity index (χ4n) is 4.14. The zero-order valence-corrected chi connectivity index (χ0v) is 19.4. The Kier molecular flexibility index (Phi) is 6.29. The van der Waals surface area contributed by atoms with Gasteiger partial charge in [0.05, 0.1) is 27.9 Å². The molecule has 0 aromatic heterocycles. The number of ether oxygens (including phenoxy) is 2. The Labute approximate surface area is 206 Å². The number of benzene rings is 3. The fourth-order valence-corrected chi connectivity index (χ4v) is 4.38. The molecule has 0 radical (unpaired) electrons. The summed E-state index contributed by atoms with van der Waals surface area (Å²) < 4.78 is 10.7. The first-order chi connectivity index (χ1) is 17.0. The van der Waals surface area contributed by atoms with E-state index in [4.69, 9.17) is 21.1 Å². The summed E-state index contributed by atoms with van der Waals surface area (Å²) in [6, 6.07) is 19.3. The fraction of sp³-hybridized carbons (Fsp3) is 0.192. The van der Waals surface area contributed by atoms with Crippen LogP contribution in [0.4, 0.5) is 11.4 Å². The van der Waals surface area contributed by atoms with Crippen LogP contribution in [0.15, 0.2) is 66.7 Å². The molecule has 1 atom stereocenters. The SMILES string of the molecule is O=C(NCc1ccc2c(c1)OCO2)c1ccccc1NC(=O)[C@@H]1CC(=O)N(c2ccccc2Cl)C1. The van der Waals surface area contributed by atoms with Crippen LogP contribution < -0.4 is 25.0 Å². The maximum atomic E-state index is 13.0. The highest BCUT2D eigenvalue weighted by atomic mass is 35.5. The highest BCUT2D eigenvalue weighted by Gasteiger charge is 2.36. The summed E-state index contributed by atoms with van der Waals surface area (Å²) in [5, 5.41) is 6.14. The molecule has 3 aromatic carbocycles. The van der Waals surface area contributed by atoms with Crippen molar-refractivity contribution in [1.82, 2.24) is 5.32 Å². The average Bonchev–Trinajstić information content (AvgIpc) is 3.49. The number of carbonyl (C=O) groups is 3. The standard InChI is InChI=1S/C26H22ClN3O5/c27-19-6-2-4-8-21(19)30-14-17(12-24(30)31)25(32)29-20-7-3-1-5-18(20)26(33)28-13-16-9-10-22-23(11-16)35-15-34-22/h1-11,17H,12-15H2,(H,28,33)(H,29,32)/t17-/m1/s1. The van der Waals surface area contributed by atoms with E-state index in [0.717, 1.165) is 5.56 Å². The monoisotopic (exact) mass is 491 g/mol. The predicted octanol–water partition coefficient (Wildman–Crippen LogP) is 3.99. The average molecular weight is 492 g/mol. The van der Waals surface area contributed by atoms with E-state index >= 15 is 0 Å². The molecule has 178 valence electrons. The number of rotatable bonds is 6. The predicted molar refractivity (Wildman–Crippen MR) is 131 cm³/mol. The number of nitrogens with one attached hydrogen (secondary N) is 2. The van der Waals surface area contributed by atoms with Crippen molar-refractivity contribution in [1.29, 1.82) is 0 Å². The first-order valence-electron chi connectivity index (χ1n) is 11.1. The molecule has 0 spiro atoms. The van der Waals surface area contributed by atoms with Gasteiger partial charge in [0.25, 0.3) is 5.91 Å². The molecular weight excluding hydrogens is 470 g/mol. The van der Waals surface area contributed by atoms with Gasteiger partial charge in [-0.2, -0.15) is 0 Å². The number of nitrogens with zero attached hydrogens (tertiary/aromatic N) is 1. The summed E-state index contributed by atoms with van der Waals surface area (Å²) in [6.07, 6.45) is 0.0650. The van der Waals surface area contributed by atoms with Gasteiger partial charge in [-0.25, -0.2) is 0 Å². The summed E-state index contributed by atoms with van der Waals surface area (Å²) in [4.78, 5) is 40.0. The van der Waals surface area contributed by atoms with Crippen molar-refractivity contribution in [3.8, 4) is 11.5 Å². The van der Waals surface area contributed by atoms with Gasteiger partial charge >= 0.3 is 0 Å². The van der Waals surface area contributed by atoms with Gasteiger partial charge in [0.1, 0.15) is 0 Å². The smallest absolute Gasteiger partial charge is 0.253 e. The van der Waals surface area contributed by atoms with Crippen LogP contribution in [0, 0.1) is 5.92 Å². The quantitative estimate of drug-likeness (QED) is 0.543. The van der Waals surface area contributed by atoms with Crippen LogP contribution in [-0.2, 0) is 16.1 Å². The van der Waals surface area contributed by atoms with Crippen LogP contribution in [0.1, 0.15) is 22.3 Å². The topological polar surface area (TPSA) is 97.0 Å². The number of hydrogen-bond acceptors (Lipinski definition) is 5. The van der Waals surface area contributed by atoms with Crippen LogP contribution in [0.25, 0.3) is 0 Å². The van der Waals surface area contributed by atoms with E-state index < -0.39 is 5.92 Å². The van der Waals surface area contributed by atoms with Crippen LogP contribution in [-0.4, -0.2) is 31.1 Å². The summed E-state index contributed by atoms with van der Waals surface area (Å²) >= 11 is 6.23. The van der Waals surface area contributed by atoms with Crippen LogP contribution in [0.2, 0.25) is 5.02 Å². The van der Waals surface area contributed by atoms with Gasteiger partial charge in [-0.05, 0) is 42.0 Å². The Balaban J connectivity index is 1.24. The summed E-state index contributed by atoms with van der Waals surface area (Å²) in [7, 11) is 0. The van der Waals surface area contributed by atoms with E-state index in [1.807, 2.05) is 12.1 Å². The molecule has 9 heteroatoms. The maximum absolute atomic E-state index is 13.0. The minimum absolute atomic E-state index is 0.0650. The normalized spacial score (nSPS) is 16.3. The highest BCUT2D eigenvalue weighted by molar-refractivity contribution is 6.34. The molecule has 2 N–H and O–H groups in total. The van der Waals surface area contributed by atoms with Crippen molar-refractivity contribution in [2.45, 2.75) is 13.0 Å². The van der Waals surface area contributed by atoms with Crippen molar-refractivity contribution in [2.75, 3.05) is 23.6 Å². The molecule has 0 saturated carbocycles. The molecule has 3 aromatic rings. The molecule has 2 aliphatic rings. The Morgan fingerprint density at radius 3 is 2.63 bits per heavy atom. The van der Waals surface area contributed by atoms with Crippen molar-refractivity contribution in [2.24, 2.45) is 5.92 Å². The number of amides is 3. The van der Waals surface area contributed by atoms with Crippen LogP contribution >= 0.6 is 11.6 Å². The van der Waals surface area contributed by atoms with Gasteiger partial charge < -0.3 is 25.0 Å². The third-order valence-electron chi connectivity index (χ3n) is 5.96. The number of para-hydroxylation sites is 2. The zero-order chi connectivity index (χ0) is 24.4. The zero-order valence-electron chi connectivity index (χ0n) is 18.6. The van der Waals surface area contributed by atoms with E-state index in [1.165, 1.54) is 4.90 Å². The molecule has 35 heavy (non-hydrogen) atoms. The first-order valence-corrected chi connectivity index (χ1v) is 11.5. The molecule has 1 saturated heterocycles. The van der Waals surface area contributed by atoms with E-state index in [2.05, 4.69) is 10.6 Å². The maximum Gasteiger partial charge on any atom is 0.253 e. The molecule has 2 aliphatic heterocycles. The second kappa shape index (κ2) is 9.68. The molecule has 3 amide bonds. The first kappa shape index (κ1) is 22.7. The van der Waals surface area contributed by atoms with Gasteiger partial charge in [0, 0.05) is 19.5 Å².